The van der Waals surface area contributed by atoms with Crippen molar-refractivity contribution in [3.63, 3.8) is 0 Å². The molecule has 1 aliphatic heterocycles. The minimum absolute atomic E-state index is 0.0114. The number of alkyl halides is 3. The molecule has 0 spiro atoms. The number of nitrogens with two attached hydrogens (primary N) is 1. The van der Waals surface area contributed by atoms with Crippen LogP contribution in [0.1, 0.15) is 24.5 Å². The van der Waals surface area contributed by atoms with Gasteiger partial charge in [-0.3, -0.25) is 9.69 Å². The van der Waals surface area contributed by atoms with Gasteiger partial charge in [0.05, 0.1) is 30.1 Å². The molecule has 1 saturated heterocycles. The van der Waals surface area contributed by atoms with Crippen LogP contribution in [0.4, 0.5) is 23.4 Å². The lowest BCUT2D eigenvalue weighted by Gasteiger charge is -2.42. The number of β-amino-alcohol motifs (C(OH)–C–C–N with tert-alkyl or cyclic N) is 1. The summed E-state index contributed by atoms with van der Waals surface area (Å²) in [5, 5.41) is 22.4. The fraction of sp³-hybridized carbons (Fsp3) is 0.458. The molecule has 9 nitrogen and oxygen atoms in total. The topological polar surface area (TPSA) is 121 Å². The molecule has 1 aliphatic rings. The van der Waals surface area contributed by atoms with Crippen molar-refractivity contribution in [1.82, 2.24) is 19.4 Å². The molecule has 0 unspecified atom stereocenters. The van der Waals surface area contributed by atoms with Crippen molar-refractivity contribution >= 4 is 22.8 Å². The molecular weight excluding hydrogens is 496 g/mol. The van der Waals surface area contributed by atoms with E-state index in [1.165, 1.54) is 6.33 Å². The van der Waals surface area contributed by atoms with E-state index in [0.29, 0.717) is 36.0 Å². The fourth-order valence-corrected chi connectivity index (χ4v) is 4.63. The van der Waals surface area contributed by atoms with Crippen molar-refractivity contribution in [1.29, 1.82) is 0 Å². The number of carbonyl (C=O) groups is 1. The fourth-order valence-electron chi connectivity index (χ4n) is 4.63. The number of rotatable bonds is 8. The van der Waals surface area contributed by atoms with Gasteiger partial charge in [-0.05, 0) is 31.5 Å². The maximum atomic E-state index is 14.5. The van der Waals surface area contributed by atoms with E-state index in [-0.39, 0.29) is 38.2 Å². The number of benzene rings is 1. The Labute approximate surface area is 210 Å². The van der Waals surface area contributed by atoms with Crippen LogP contribution in [-0.4, -0.2) is 73.4 Å². The largest absolute Gasteiger partial charge is 0.416 e. The van der Waals surface area contributed by atoms with Gasteiger partial charge in [-0.1, -0.05) is 6.07 Å². The van der Waals surface area contributed by atoms with Crippen LogP contribution < -0.4 is 10.6 Å². The number of nitrogens with zero attached hydrogens (tertiary/aromatic N) is 5. The lowest BCUT2D eigenvalue weighted by molar-refractivity contribution is -0.137. The molecule has 37 heavy (non-hydrogen) atoms. The number of anilines is 1. The summed E-state index contributed by atoms with van der Waals surface area (Å²) < 4.78 is 54.9. The summed E-state index contributed by atoms with van der Waals surface area (Å²) in [7, 11) is 0. The third-order valence-corrected chi connectivity index (χ3v) is 6.69. The first-order valence-electron chi connectivity index (χ1n) is 11.7. The third-order valence-electron chi connectivity index (χ3n) is 6.69. The molecule has 1 amide bonds. The lowest BCUT2D eigenvalue weighted by atomic mass is 9.88. The molecule has 4 N–H and O–H groups in total. The van der Waals surface area contributed by atoms with Gasteiger partial charge in [-0.2, -0.15) is 13.2 Å². The van der Waals surface area contributed by atoms with Crippen LogP contribution in [0.25, 0.3) is 11.0 Å². The van der Waals surface area contributed by atoms with Gasteiger partial charge in [0.25, 0.3) is 0 Å². The maximum Gasteiger partial charge on any atom is 0.416 e. The first-order valence-corrected chi connectivity index (χ1v) is 11.7. The Morgan fingerprint density at radius 3 is 2.68 bits per heavy atom. The van der Waals surface area contributed by atoms with Crippen LogP contribution in [0.15, 0.2) is 36.8 Å². The second-order valence-electron chi connectivity index (χ2n) is 9.27. The molecule has 0 bridgehead atoms. The Hall–Kier alpha value is -3.29. The number of halogens is 4. The minimum Gasteiger partial charge on any atom is -0.389 e. The van der Waals surface area contributed by atoms with Crippen LogP contribution in [0.2, 0.25) is 0 Å². The Morgan fingerprint density at radius 2 is 2.05 bits per heavy atom. The molecule has 3 heterocycles. The van der Waals surface area contributed by atoms with Crippen molar-refractivity contribution in [2.24, 2.45) is 5.73 Å². The van der Waals surface area contributed by atoms with Crippen LogP contribution in [0.3, 0.4) is 0 Å². The van der Waals surface area contributed by atoms with Crippen LogP contribution in [0, 0.1) is 5.82 Å². The molecule has 200 valence electrons. The number of hydrogen-bond donors (Lipinski definition) is 3. The van der Waals surface area contributed by atoms with E-state index in [9.17, 15) is 32.6 Å². The van der Waals surface area contributed by atoms with E-state index >= 15 is 0 Å². The average Bonchev–Trinajstić information content (AvgIpc) is 3.23. The monoisotopic (exact) mass is 524 g/mol. The van der Waals surface area contributed by atoms with Gasteiger partial charge in [-0.25, -0.2) is 14.4 Å². The molecule has 0 aliphatic carbocycles. The number of likely N-dealkylation sites (tertiary alicyclic amines) is 1. The summed E-state index contributed by atoms with van der Waals surface area (Å²) in [6.45, 7) is 2.65. The van der Waals surface area contributed by atoms with E-state index in [0.717, 1.165) is 12.1 Å². The lowest BCUT2D eigenvalue weighted by Crippen LogP contribution is -2.58. The second-order valence-corrected chi connectivity index (χ2v) is 9.27. The highest BCUT2D eigenvalue weighted by atomic mass is 19.4. The Morgan fingerprint density at radius 1 is 1.30 bits per heavy atom. The maximum absolute atomic E-state index is 14.5. The average molecular weight is 525 g/mol. The molecular formula is C24H28F4N6O3. The Balaban J connectivity index is 1.56. The molecule has 1 fully saturated rings. The summed E-state index contributed by atoms with van der Waals surface area (Å²) in [5.74, 6) is -1.03. The number of primary amides is 1. The normalized spacial score (nSPS) is 20.9. The molecule has 2 atom stereocenters. The van der Waals surface area contributed by atoms with Crippen molar-refractivity contribution in [2.45, 2.75) is 44.3 Å². The van der Waals surface area contributed by atoms with Gasteiger partial charge >= 0.3 is 6.18 Å². The number of aromatic nitrogens is 3. The summed E-state index contributed by atoms with van der Waals surface area (Å²) in [4.78, 5) is 23.2. The zero-order valence-corrected chi connectivity index (χ0v) is 20.1. The molecule has 13 heteroatoms. The highest BCUT2D eigenvalue weighted by molar-refractivity contribution is 5.87. The van der Waals surface area contributed by atoms with Gasteiger partial charge in [0.15, 0.2) is 0 Å². The van der Waals surface area contributed by atoms with E-state index in [1.54, 1.807) is 26.6 Å². The first kappa shape index (κ1) is 26.8. The number of piperidine rings is 1. The molecule has 3 aromatic rings. The SMILES string of the molecule is CCN(Cc1ccc(C(F)(F)F)cc1F)c1ncnc2c1ccn2C[C@@]1(O)CCN(CC(N)=O)C[C@@H]1O. The van der Waals surface area contributed by atoms with Gasteiger partial charge in [0.2, 0.25) is 5.91 Å². The summed E-state index contributed by atoms with van der Waals surface area (Å²) in [5.41, 5.74) is 3.25. The summed E-state index contributed by atoms with van der Waals surface area (Å²) in [6.07, 6.45) is -2.56. The van der Waals surface area contributed by atoms with Gasteiger partial charge in [0.1, 0.15) is 29.2 Å². The van der Waals surface area contributed by atoms with Crippen molar-refractivity contribution in [3.8, 4) is 0 Å². The molecule has 4 rings (SSSR count). The highest BCUT2D eigenvalue weighted by Gasteiger charge is 2.41. The molecule has 0 radical (unpaired) electrons. The smallest absolute Gasteiger partial charge is 0.389 e. The van der Waals surface area contributed by atoms with Gasteiger partial charge in [0, 0.05) is 37.9 Å². The quantitative estimate of drug-likeness (QED) is 0.385. The number of aliphatic hydroxyl groups is 2. The standard InChI is InChI=1S/C24H28F4N6O3/c1-2-33(10-15-3-4-16(9-18(15)25)24(26,27)28)21-17-5-7-34(22(17)31-14-30-21)13-23(37)6-8-32(11-19(23)35)12-20(29)36/h3-5,7,9,14,19,35,37H,2,6,8,10-13H2,1H3,(H2,29,36)/t19-,23-/m0/s1. The third kappa shape index (κ3) is 5.68. The zero-order valence-electron chi connectivity index (χ0n) is 20.1. The number of aliphatic hydroxyl groups excluding tert-OH is 1. The zero-order chi connectivity index (χ0) is 27.0. The van der Waals surface area contributed by atoms with Crippen molar-refractivity contribution in [2.75, 3.05) is 31.1 Å². The first-order chi connectivity index (χ1) is 17.4. The van der Waals surface area contributed by atoms with Crippen molar-refractivity contribution < 1.29 is 32.6 Å². The summed E-state index contributed by atoms with van der Waals surface area (Å²) >= 11 is 0. The van der Waals surface area contributed by atoms with E-state index in [4.69, 9.17) is 5.73 Å². The van der Waals surface area contributed by atoms with Crippen LogP contribution in [0.5, 0.6) is 0 Å². The van der Waals surface area contributed by atoms with Gasteiger partial charge in [-0.15, -0.1) is 0 Å². The van der Waals surface area contributed by atoms with Gasteiger partial charge < -0.3 is 25.4 Å². The second kappa shape index (κ2) is 10.2. The number of amides is 1. The summed E-state index contributed by atoms with van der Waals surface area (Å²) in [6, 6.07) is 4.18. The van der Waals surface area contributed by atoms with Crippen LogP contribution >= 0.6 is 0 Å². The number of hydrogen-bond acceptors (Lipinski definition) is 7. The van der Waals surface area contributed by atoms with E-state index in [1.807, 2.05) is 6.92 Å². The molecule has 1 aromatic carbocycles. The van der Waals surface area contributed by atoms with E-state index < -0.39 is 35.2 Å². The Bertz CT molecular complexity index is 1280. The van der Waals surface area contributed by atoms with Crippen molar-refractivity contribution in [3.05, 3.63) is 53.7 Å². The predicted octanol–water partition coefficient (Wildman–Crippen LogP) is 1.90. The number of fused-ring (bicyclic) bond motifs is 1. The molecule has 2 aromatic heterocycles. The van der Waals surface area contributed by atoms with Crippen LogP contribution in [-0.2, 0) is 24.1 Å². The van der Waals surface area contributed by atoms with E-state index in [2.05, 4.69) is 9.97 Å². The number of carbonyl (C=O) groups excluding carboxylic acids is 1. The predicted molar refractivity (Wildman–Crippen MR) is 127 cm³/mol. The minimum atomic E-state index is -4.64. The Kier molecular flexibility index (Phi) is 7.40. The molecule has 0 saturated carbocycles. The highest BCUT2D eigenvalue weighted by Crippen LogP contribution is 2.32.